The van der Waals surface area contributed by atoms with Gasteiger partial charge in [-0.05, 0) is 53.6 Å². The molecular weight excluding hydrogens is 465 g/mol. The lowest BCUT2D eigenvalue weighted by Crippen LogP contribution is -2.38. The van der Waals surface area contributed by atoms with Gasteiger partial charge in [0.1, 0.15) is 30.0 Å². The number of methoxy groups -OCH3 is 2. The second kappa shape index (κ2) is 14.0. The molecule has 0 aromatic heterocycles. The van der Waals surface area contributed by atoms with Crippen LogP contribution in [-0.4, -0.2) is 57.4 Å². The summed E-state index contributed by atoms with van der Waals surface area (Å²) >= 11 is 0. The first kappa shape index (κ1) is 26.9. The fraction of sp³-hybridized carbons (Fsp3) is 0.250. The second-order valence-electron chi connectivity index (χ2n) is 7.84. The quantitative estimate of drug-likeness (QED) is 0.161. The van der Waals surface area contributed by atoms with Crippen LogP contribution in [0.15, 0.2) is 78.9 Å². The van der Waals surface area contributed by atoms with Gasteiger partial charge in [0.15, 0.2) is 0 Å². The Morgan fingerprint density at radius 1 is 0.944 bits per heavy atom. The van der Waals surface area contributed by atoms with Crippen molar-refractivity contribution in [3.8, 4) is 11.5 Å². The van der Waals surface area contributed by atoms with E-state index in [4.69, 9.17) is 18.9 Å². The van der Waals surface area contributed by atoms with Crippen LogP contribution in [0.1, 0.15) is 11.1 Å². The number of rotatable bonds is 13. The number of para-hydroxylation sites is 1. The van der Waals surface area contributed by atoms with Crippen LogP contribution in [0.25, 0.3) is 11.6 Å². The van der Waals surface area contributed by atoms with Gasteiger partial charge in [0.05, 0.1) is 19.2 Å². The molecule has 2 N–H and O–H groups in total. The Bertz CT molecular complexity index is 1100. The van der Waals surface area contributed by atoms with Crippen LogP contribution in [0.2, 0.25) is 0 Å². The molecule has 190 valence electrons. The van der Waals surface area contributed by atoms with Crippen molar-refractivity contribution >= 4 is 17.6 Å². The number of carbonyl (C=O) groups is 1. The third kappa shape index (κ3) is 8.49. The van der Waals surface area contributed by atoms with Gasteiger partial charge in [0, 0.05) is 13.7 Å². The average molecular weight is 496 g/mol. The molecule has 3 aromatic rings. The number of ether oxygens (including phenoxy) is 4. The lowest BCUT2D eigenvalue weighted by atomic mass is 10.0. The first-order valence-electron chi connectivity index (χ1n) is 11.4. The summed E-state index contributed by atoms with van der Waals surface area (Å²) < 4.78 is 34.8. The van der Waals surface area contributed by atoms with Gasteiger partial charge in [0.25, 0.3) is 0 Å². The maximum absolute atomic E-state index is 13.2. The van der Waals surface area contributed by atoms with E-state index in [0.29, 0.717) is 34.7 Å². The normalized spacial score (nSPS) is 13.1. The molecule has 36 heavy (non-hydrogen) atoms. The molecule has 0 aliphatic heterocycles. The van der Waals surface area contributed by atoms with Crippen LogP contribution in [0.4, 0.5) is 4.39 Å². The van der Waals surface area contributed by atoms with Gasteiger partial charge >= 0.3 is 5.97 Å². The lowest BCUT2D eigenvalue weighted by Gasteiger charge is -2.19. The van der Waals surface area contributed by atoms with Gasteiger partial charge < -0.3 is 29.4 Å². The van der Waals surface area contributed by atoms with Crippen molar-refractivity contribution in [2.45, 2.75) is 12.4 Å². The molecular formula is C28H30FNO6. The van der Waals surface area contributed by atoms with E-state index in [9.17, 15) is 14.3 Å². The van der Waals surface area contributed by atoms with Crippen LogP contribution >= 0.6 is 0 Å². The number of aliphatic hydroxyl groups is 1. The van der Waals surface area contributed by atoms with Gasteiger partial charge in [0.2, 0.25) is 6.29 Å². The zero-order chi connectivity index (χ0) is 25.8. The first-order valence-corrected chi connectivity index (χ1v) is 11.4. The number of hydrogen-bond donors (Lipinski definition) is 2. The van der Waals surface area contributed by atoms with Gasteiger partial charge in [-0.2, -0.15) is 0 Å². The van der Waals surface area contributed by atoms with E-state index in [1.165, 1.54) is 19.2 Å². The molecule has 2 unspecified atom stereocenters. The Morgan fingerprint density at radius 3 is 2.28 bits per heavy atom. The van der Waals surface area contributed by atoms with E-state index in [1.807, 2.05) is 30.3 Å². The molecule has 0 saturated carbocycles. The monoisotopic (exact) mass is 495 g/mol. The molecule has 0 aliphatic rings. The third-order valence-corrected chi connectivity index (χ3v) is 5.16. The number of aliphatic hydroxyl groups excluding tert-OH is 1. The topological polar surface area (TPSA) is 86.3 Å². The minimum atomic E-state index is -0.761. The maximum Gasteiger partial charge on any atom is 0.338 e. The lowest BCUT2D eigenvalue weighted by molar-refractivity contribution is -0.133. The highest BCUT2D eigenvalue weighted by Crippen LogP contribution is 2.23. The van der Waals surface area contributed by atoms with Gasteiger partial charge in [-0.1, -0.05) is 42.5 Å². The van der Waals surface area contributed by atoms with Crippen LogP contribution in [-0.2, 0) is 14.3 Å². The largest absolute Gasteiger partial charge is 0.491 e. The molecule has 0 saturated heterocycles. The van der Waals surface area contributed by atoms with Crippen molar-refractivity contribution in [3.63, 3.8) is 0 Å². The van der Waals surface area contributed by atoms with Gasteiger partial charge in [-0.3, -0.25) is 0 Å². The van der Waals surface area contributed by atoms with Crippen molar-refractivity contribution < 1.29 is 33.2 Å². The fourth-order valence-electron chi connectivity index (χ4n) is 3.27. The summed E-state index contributed by atoms with van der Waals surface area (Å²) in [5.41, 5.74) is 1.60. The van der Waals surface area contributed by atoms with Crippen molar-refractivity contribution in [2.75, 3.05) is 33.9 Å². The van der Waals surface area contributed by atoms with E-state index in [-0.39, 0.29) is 19.0 Å². The number of esters is 1. The Kier molecular flexibility index (Phi) is 10.4. The maximum atomic E-state index is 13.2. The molecule has 7 nitrogen and oxygen atoms in total. The Balaban J connectivity index is 1.49. The summed E-state index contributed by atoms with van der Waals surface area (Å²) in [5, 5.41) is 13.4. The van der Waals surface area contributed by atoms with E-state index in [1.54, 1.807) is 49.6 Å². The highest BCUT2D eigenvalue weighted by Gasteiger charge is 2.14. The number of benzene rings is 3. The minimum Gasteiger partial charge on any atom is -0.491 e. The predicted molar refractivity (Wildman–Crippen MR) is 135 cm³/mol. The summed E-state index contributed by atoms with van der Waals surface area (Å²) in [7, 11) is 2.86. The SMILES string of the molecule is COC(=O)C(=Cc1ccc(F)cc1)c1ccc(OCC(O)CNCC(OC)Oc2ccccc2)cc1. The average Bonchev–Trinajstić information content (AvgIpc) is 2.91. The zero-order valence-corrected chi connectivity index (χ0v) is 20.2. The molecule has 2 atom stereocenters. The predicted octanol–water partition coefficient (Wildman–Crippen LogP) is 3.92. The summed E-state index contributed by atoms with van der Waals surface area (Å²) in [6.07, 6.45) is 0.369. The van der Waals surface area contributed by atoms with Crippen molar-refractivity contribution in [2.24, 2.45) is 0 Å². The molecule has 8 heteroatoms. The molecule has 0 radical (unpaired) electrons. The van der Waals surface area contributed by atoms with Crippen LogP contribution < -0.4 is 14.8 Å². The summed E-state index contributed by atoms with van der Waals surface area (Å²) in [4.78, 5) is 12.3. The van der Waals surface area contributed by atoms with Crippen LogP contribution in [0.3, 0.4) is 0 Å². The molecule has 0 bridgehead atoms. The number of halogens is 1. The number of hydrogen-bond acceptors (Lipinski definition) is 7. The molecule has 0 fully saturated rings. The van der Waals surface area contributed by atoms with E-state index < -0.39 is 18.4 Å². The minimum absolute atomic E-state index is 0.0683. The summed E-state index contributed by atoms with van der Waals surface area (Å²) in [5.74, 6) is 0.358. The molecule has 0 amide bonds. The van der Waals surface area contributed by atoms with Crippen molar-refractivity contribution in [3.05, 3.63) is 95.8 Å². The van der Waals surface area contributed by atoms with Crippen molar-refractivity contribution in [1.29, 1.82) is 0 Å². The van der Waals surface area contributed by atoms with Gasteiger partial charge in [-0.15, -0.1) is 0 Å². The van der Waals surface area contributed by atoms with Gasteiger partial charge in [-0.25, -0.2) is 9.18 Å². The molecule has 0 spiro atoms. The van der Waals surface area contributed by atoms with E-state index in [2.05, 4.69) is 5.32 Å². The molecule has 0 aliphatic carbocycles. The zero-order valence-electron chi connectivity index (χ0n) is 20.2. The summed E-state index contributed by atoms with van der Waals surface area (Å²) in [6.45, 7) is 0.732. The summed E-state index contributed by atoms with van der Waals surface area (Å²) in [6, 6.07) is 22.0. The number of nitrogens with one attached hydrogen (secondary N) is 1. The number of carbonyl (C=O) groups excluding carboxylic acids is 1. The Labute approximate surface area is 210 Å². The molecule has 3 aromatic carbocycles. The Hall–Kier alpha value is -3.72. The fourth-order valence-corrected chi connectivity index (χ4v) is 3.27. The highest BCUT2D eigenvalue weighted by molar-refractivity contribution is 6.21. The highest BCUT2D eigenvalue weighted by atomic mass is 19.1. The second-order valence-corrected chi connectivity index (χ2v) is 7.84. The third-order valence-electron chi connectivity index (χ3n) is 5.16. The molecule has 0 heterocycles. The van der Waals surface area contributed by atoms with Crippen LogP contribution in [0, 0.1) is 5.82 Å². The van der Waals surface area contributed by atoms with E-state index in [0.717, 1.165) is 0 Å². The van der Waals surface area contributed by atoms with Crippen molar-refractivity contribution in [1.82, 2.24) is 5.32 Å². The first-order chi connectivity index (χ1) is 17.5. The smallest absolute Gasteiger partial charge is 0.338 e. The standard InChI is InChI=1S/C28H30FNO6/c1-33-27(36-25-6-4-3-5-7-25)18-30-17-23(31)19-35-24-14-10-21(11-15-24)26(28(32)34-2)16-20-8-12-22(29)13-9-20/h3-16,23,27,30-31H,17-19H2,1-2H3. The Morgan fingerprint density at radius 2 is 1.64 bits per heavy atom. The van der Waals surface area contributed by atoms with E-state index >= 15 is 0 Å². The van der Waals surface area contributed by atoms with Crippen LogP contribution in [0.5, 0.6) is 11.5 Å². The molecule has 3 rings (SSSR count).